The van der Waals surface area contributed by atoms with E-state index in [4.69, 9.17) is 0 Å². The molecule has 2 aromatic rings. The van der Waals surface area contributed by atoms with Crippen molar-refractivity contribution in [1.29, 1.82) is 0 Å². The van der Waals surface area contributed by atoms with E-state index in [0.29, 0.717) is 16.9 Å². The number of rotatable bonds is 3. The fraction of sp³-hybridized carbons (Fsp3) is 0.0769. The molecule has 1 nitrogen and oxygen atoms in total. The van der Waals surface area contributed by atoms with Crippen molar-refractivity contribution in [3.63, 3.8) is 0 Å². The molecule has 0 spiro atoms. The van der Waals surface area contributed by atoms with E-state index in [1.54, 1.807) is 24.3 Å². The predicted octanol–water partition coefficient (Wildman–Crippen LogP) is 4.90. The molecule has 94 valence electrons. The third-order valence-corrected chi connectivity index (χ3v) is 2.93. The summed E-state index contributed by atoms with van der Waals surface area (Å²) in [5.41, 5.74) is 1.97. The number of benzene rings is 2. The van der Waals surface area contributed by atoms with Crippen LogP contribution in [0.3, 0.4) is 0 Å². The summed E-state index contributed by atoms with van der Waals surface area (Å²) in [5, 5.41) is 0. The molecule has 0 aliphatic heterocycles. The normalized spacial score (nSPS) is 11.5. The van der Waals surface area contributed by atoms with Gasteiger partial charge in [0.2, 0.25) is 0 Å². The third kappa shape index (κ3) is 3.78. The highest BCUT2D eigenvalue weighted by atomic mass is 32.2. The monoisotopic (exact) mass is 270 g/mol. The van der Waals surface area contributed by atoms with E-state index in [-0.39, 0.29) is 0 Å². The van der Waals surface area contributed by atoms with Gasteiger partial charge in [-0.2, -0.15) is 0 Å². The molecule has 0 aliphatic rings. The van der Waals surface area contributed by atoms with Crippen molar-refractivity contribution in [2.45, 2.75) is 11.3 Å². The smallest absolute Gasteiger partial charge is 0.215 e. The van der Waals surface area contributed by atoms with Crippen molar-refractivity contribution in [3.05, 3.63) is 54.6 Å². The molecule has 0 bridgehead atoms. The van der Waals surface area contributed by atoms with E-state index in [1.807, 2.05) is 30.3 Å². The van der Waals surface area contributed by atoms with Crippen LogP contribution in [0.1, 0.15) is 0 Å². The van der Waals surface area contributed by atoms with Gasteiger partial charge in [0.25, 0.3) is 0 Å². The Morgan fingerprint density at radius 1 is 0.778 bits per heavy atom. The average molecular weight is 270 g/mol. The standard InChI is InChI=1S/C13H9F3OS/c14-13(15,16)17-18-12-8-6-11(7-9-12)10-4-2-1-3-5-10/h1-9H. The minimum absolute atomic E-state index is 0.306. The molecule has 0 amide bonds. The molecule has 0 radical (unpaired) electrons. The van der Waals surface area contributed by atoms with Crippen LogP contribution in [-0.4, -0.2) is 6.36 Å². The number of hydrogen-bond donors (Lipinski definition) is 0. The zero-order valence-corrected chi connectivity index (χ0v) is 9.96. The van der Waals surface area contributed by atoms with E-state index in [0.717, 1.165) is 11.1 Å². The molecular formula is C13H9F3OS. The first kappa shape index (κ1) is 13.0. The van der Waals surface area contributed by atoms with E-state index < -0.39 is 6.36 Å². The van der Waals surface area contributed by atoms with Gasteiger partial charge in [0.1, 0.15) is 0 Å². The molecule has 0 saturated carbocycles. The van der Waals surface area contributed by atoms with Crippen molar-refractivity contribution < 1.29 is 17.4 Å². The highest BCUT2D eigenvalue weighted by molar-refractivity contribution is 7.94. The lowest BCUT2D eigenvalue weighted by Crippen LogP contribution is -2.07. The van der Waals surface area contributed by atoms with Crippen LogP contribution >= 0.6 is 12.0 Å². The van der Waals surface area contributed by atoms with Crippen molar-refractivity contribution in [2.24, 2.45) is 0 Å². The van der Waals surface area contributed by atoms with E-state index >= 15 is 0 Å². The summed E-state index contributed by atoms with van der Waals surface area (Å²) >= 11 is 0.306. The molecule has 0 heterocycles. The van der Waals surface area contributed by atoms with Crippen LogP contribution in [0.4, 0.5) is 13.2 Å². The molecule has 0 N–H and O–H groups in total. The second-order valence-corrected chi connectivity index (χ2v) is 4.31. The Labute approximate surface area is 107 Å². The molecule has 0 aromatic heterocycles. The van der Waals surface area contributed by atoms with Crippen LogP contribution in [-0.2, 0) is 4.18 Å². The number of alkyl halides is 3. The van der Waals surface area contributed by atoms with Gasteiger partial charge < -0.3 is 0 Å². The summed E-state index contributed by atoms with van der Waals surface area (Å²) in [4.78, 5) is 0.409. The Hall–Kier alpha value is -1.46. The van der Waals surface area contributed by atoms with Crippen LogP contribution in [0.15, 0.2) is 59.5 Å². The molecular weight excluding hydrogens is 261 g/mol. The van der Waals surface area contributed by atoms with E-state index in [9.17, 15) is 13.2 Å². The topological polar surface area (TPSA) is 9.23 Å². The largest absolute Gasteiger partial charge is 0.533 e. The van der Waals surface area contributed by atoms with Gasteiger partial charge in [-0.15, -0.1) is 13.2 Å². The van der Waals surface area contributed by atoms with Crippen molar-refractivity contribution >= 4 is 12.0 Å². The quantitative estimate of drug-likeness (QED) is 0.734. The summed E-state index contributed by atoms with van der Waals surface area (Å²) in [6.07, 6.45) is -4.62. The molecule has 18 heavy (non-hydrogen) atoms. The van der Waals surface area contributed by atoms with Gasteiger partial charge in [-0.25, -0.2) is 4.18 Å². The number of halogens is 3. The highest BCUT2D eigenvalue weighted by Crippen LogP contribution is 2.30. The van der Waals surface area contributed by atoms with Gasteiger partial charge in [-0.05, 0) is 23.3 Å². The zero-order valence-electron chi connectivity index (χ0n) is 9.15. The van der Waals surface area contributed by atoms with Gasteiger partial charge in [-0.1, -0.05) is 42.5 Å². The number of hydrogen-bond acceptors (Lipinski definition) is 2. The predicted molar refractivity (Wildman–Crippen MR) is 64.9 cm³/mol. The molecule has 2 aromatic carbocycles. The lowest BCUT2D eigenvalue weighted by atomic mass is 10.1. The first-order valence-electron chi connectivity index (χ1n) is 5.12. The fourth-order valence-electron chi connectivity index (χ4n) is 1.43. The molecule has 0 atom stereocenters. The van der Waals surface area contributed by atoms with Gasteiger partial charge in [0.05, 0.1) is 0 Å². The van der Waals surface area contributed by atoms with Crippen LogP contribution in [0.2, 0.25) is 0 Å². The maximum Gasteiger partial charge on any atom is 0.533 e. The Balaban J connectivity index is 2.07. The van der Waals surface area contributed by atoms with Crippen LogP contribution in [0, 0.1) is 0 Å². The first-order chi connectivity index (χ1) is 8.54. The summed E-state index contributed by atoms with van der Waals surface area (Å²) in [5.74, 6) is 0. The Morgan fingerprint density at radius 2 is 1.33 bits per heavy atom. The van der Waals surface area contributed by atoms with Gasteiger partial charge in [0.15, 0.2) is 0 Å². The SMILES string of the molecule is FC(F)(F)OSc1ccc(-c2ccccc2)cc1. The van der Waals surface area contributed by atoms with Crippen LogP contribution < -0.4 is 0 Å². The van der Waals surface area contributed by atoms with Gasteiger partial charge >= 0.3 is 6.36 Å². The lowest BCUT2D eigenvalue weighted by Gasteiger charge is -2.06. The summed E-state index contributed by atoms with van der Waals surface area (Å²) < 4.78 is 39.2. The zero-order chi connectivity index (χ0) is 13.0. The molecule has 0 saturated heterocycles. The Bertz CT molecular complexity index is 494. The molecule has 0 unspecified atom stereocenters. The van der Waals surface area contributed by atoms with Crippen molar-refractivity contribution in [1.82, 2.24) is 0 Å². The minimum atomic E-state index is -4.62. The van der Waals surface area contributed by atoms with Crippen molar-refractivity contribution in [3.8, 4) is 11.1 Å². The van der Waals surface area contributed by atoms with Crippen molar-refractivity contribution in [2.75, 3.05) is 0 Å². The van der Waals surface area contributed by atoms with Gasteiger partial charge in [-0.3, -0.25) is 0 Å². The summed E-state index contributed by atoms with van der Waals surface area (Å²) in [7, 11) is 0. The van der Waals surface area contributed by atoms with Crippen LogP contribution in [0.5, 0.6) is 0 Å². The van der Waals surface area contributed by atoms with E-state index in [1.165, 1.54) is 0 Å². The Kier molecular flexibility index (Phi) is 3.93. The second kappa shape index (κ2) is 5.46. The molecule has 0 aliphatic carbocycles. The average Bonchev–Trinajstić information content (AvgIpc) is 2.37. The van der Waals surface area contributed by atoms with Crippen LogP contribution in [0.25, 0.3) is 11.1 Å². The van der Waals surface area contributed by atoms with E-state index in [2.05, 4.69) is 4.18 Å². The fourth-order valence-corrected chi connectivity index (χ4v) is 1.87. The maximum atomic E-state index is 11.8. The van der Waals surface area contributed by atoms with Gasteiger partial charge in [0, 0.05) is 16.9 Å². The molecule has 0 fully saturated rings. The maximum absolute atomic E-state index is 11.8. The first-order valence-corrected chi connectivity index (χ1v) is 5.87. The lowest BCUT2D eigenvalue weighted by molar-refractivity contribution is -0.266. The molecule has 2 rings (SSSR count). The summed E-state index contributed by atoms with van der Waals surface area (Å²) in [6.45, 7) is 0. The minimum Gasteiger partial charge on any atom is -0.215 e. The molecule has 5 heteroatoms. The Morgan fingerprint density at radius 3 is 1.89 bits per heavy atom. The summed E-state index contributed by atoms with van der Waals surface area (Å²) in [6, 6.07) is 16.3. The highest BCUT2D eigenvalue weighted by Gasteiger charge is 2.30. The second-order valence-electron chi connectivity index (χ2n) is 3.50. The third-order valence-electron chi connectivity index (χ3n) is 2.19.